The van der Waals surface area contributed by atoms with Crippen LogP contribution in [0, 0.1) is 10.8 Å². The van der Waals surface area contributed by atoms with Crippen LogP contribution in [0.25, 0.3) is 0 Å². The zero-order chi connectivity index (χ0) is 9.28. The molecule has 0 fully saturated rings. The monoisotopic (exact) mass is 155 g/mol. The van der Waals surface area contributed by atoms with Gasteiger partial charge in [0, 0.05) is 0 Å². The number of nitrogens with two attached hydrogens (primary N) is 1. The van der Waals surface area contributed by atoms with Gasteiger partial charge >= 0.3 is 0 Å². The lowest BCUT2D eigenvalue weighted by atomic mass is 9.72. The second-order valence-electron chi connectivity index (χ2n) is 5.08. The Hall–Kier alpha value is -0.460. The molecule has 11 heavy (non-hydrogen) atoms. The molecular formula is C10H21N. The maximum Gasteiger partial charge on any atom is -0.00598 e. The van der Waals surface area contributed by atoms with E-state index in [0.29, 0.717) is 0 Å². The highest BCUT2D eigenvalue weighted by molar-refractivity contribution is 5.16. The second kappa shape index (κ2) is 2.88. The molecule has 0 heterocycles. The zero-order valence-electron chi connectivity index (χ0n) is 8.65. The fourth-order valence-electron chi connectivity index (χ4n) is 1.62. The number of hydrogen-bond donors (Lipinski definition) is 1. The summed E-state index contributed by atoms with van der Waals surface area (Å²) in [6.45, 7) is 13.1. The van der Waals surface area contributed by atoms with Gasteiger partial charge in [0.25, 0.3) is 0 Å². The summed E-state index contributed by atoms with van der Waals surface area (Å²) in [7, 11) is 0. The van der Waals surface area contributed by atoms with Gasteiger partial charge in [-0.05, 0) is 22.6 Å². The molecule has 0 aromatic rings. The average Bonchev–Trinajstić information content (AvgIpc) is 1.56. The van der Waals surface area contributed by atoms with Crippen molar-refractivity contribution in [1.29, 1.82) is 0 Å². The maximum absolute atomic E-state index is 5.58. The molecule has 0 aromatic carbocycles. The Bertz CT molecular complexity index is 137. The van der Waals surface area contributed by atoms with Crippen molar-refractivity contribution in [2.45, 2.75) is 41.5 Å². The molecule has 0 saturated heterocycles. The summed E-state index contributed by atoms with van der Waals surface area (Å²) in [6, 6.07) is 0. The third-order valence-electron chi connectivity index (χ3n) is 1.78. The van der Waals surface area contributed by atoms with Gasteiger partial charge in [0.2, 0.25) is 0 Å². The van der Waals surface area contributed by atoms with E-state index in [1.807, 2.05) is 0 Å². The topological polar surface area (TPSA) is 26.0 Å². The van der Waals surface area contributed by atoms with Crippen LogP contribution in [-0.2, 0) is 0 Å². The van der Waals surface area contributed by atoms with Crippen molar-refractivity contribution >= 4 is 0 Å². The van der Waals surface area contributed by atoms with Gasteiger partial charge in [0.1, 0.15) is 0 Å². The molecule has 0 spiro atoms. The highest BCUT2D eigenvalue weighted by Crippen LogP contribution is 2.38. The van der Waals surface area contributed by atoms with E-state index in [2.05, 4.69) is 41.5 Å². The Morgan fingerprint density at radius 2 is 1.18 bits per heavy atom. The first-order valence-electron chi connectivity index (χ1n) is 4.12. The normalized spacial score (nSPS) is 12.9. The molecule has 0 saturated carbocycles. The van der Waals surface area contributed by atoms with Crippen LogP contribution in [0.2, 0.25) is 0 Å². The predicted octanol–water partition coefficient (Wildman–Crippen LogP) is 2.92. The zero-order valence-corrected chi connectivity index (χ0v) is 8.65. The summed E-state index contributed by atoms with van der Waals surface area (Å²) in [5, 5.41) is 0. The molecular weight excluding hydrogens is 134 g/mol. The molecule has 0 bridgehead atoms. The summed E-state index contributed by atoms with van der Waals surface area (Å²) in [5.41, 5.74) is 7.27. The molecule has 0 aliphatic rings. The molecule has 0 unspecified atom stereocenters. The van der Waals surface area contributed by atoms with Gasteiger partial charge in [-0.15, -0.1) is 0 Å². The van der Waals surface area contributed by atoms with Crippen molar-refractivity contribution < 1.29 is 0 Å². The van der Waals surface area contributed by atoms with Crippen LogP contribution in [0.1, 0.15) is 41.5 Å². The van der Waals surface area contributed by atoms with Gasteiger partial charge in [0.15, 0.2) is 0 Å². The third kappa shape index (κ3) is 2.96. The number of allylic oxidation sites excluding steroid dienone is 1. The molecule has 66 valence electrons. The van der Waals surface area contributed by atoms with Crippen LogP contribution < -0.4 is 5.73 Å². The van der Waals surface area contributed by atoms with E-state index < -0.39 is 0 Å². The quantitative estimate of drug-likeness (QED) is 0.572. The van der Waals surface area contributed by atoms with E-state index in [1.54, 1.807) is 6.20 Å². The molecule has 0 aromatic heterocycles. The van der Waals surface area contributed by atoms with Crippen molar-refractivity contribution in [3.63, 3.8) is 0 Å². The Morgan fingerprint density at radius 3 is 1.18 bits per heavy atom. The van der Waals surface area contributed by atoms with Crippen molar-refractivity contribution in [1.82, 2.24) is 0 Å². The van der Waals surface area contributed by atoms with Crippen LogP contribution in [0.15, 0.2) is 11.8 Å². The fraction of sp³-hybridized carbons (Fsp3) is 0.800. The summed E-state index contributed by atoms with van der Waals surface area (Å²) >= 11 is 0. The van der Waals surface area contributed by atoms with Gasteiger partial charge in [-0.3, -0.25) is 0 Å². The van der Waals surface area contributed by atoms with Crippen molar-refractivity contribution in [3.8, 4) is 0 Å². The van der Waals surface area contributed by atoms with Gasteiger partial charge < -0.3 is 5.73 Å². The molecule has 0 atom stereocenters. The lowest BCUT2D eigenvalue weighted by molar-refractivity contribution is 0.361. The number of rotatable bonds is 0. The number of hydrogen-bond acceptors (Lipinski definition) is 1. The standard InChI is InChI=1S/C10H21N/c1-9(2,3)8(7-11)10(4,5)6/h7H,11H2,1-6H3. The van der Waals surface area contributed by atoms with E-state index in [-0.39, 0.29) is 10.8 Å². The minimum Gasteiger partial charge on any atom is -0.405 e. The molecule has 0 rings (SSSR count). The van der Waals surface area contributed by atoms with E-state index >= 15 is 0 Å². The van der Waals surface area contributed by atoms with Crippen LogP contribution in [0.3, 0.4) is 0 Å². The summed E-state index contributed by atoms with van der Waals surface area (Å²) in [4.78, 5) is 0. The molecule has 2 N–H and O–H groups in total. The summed E-state index contributed by atoms with van der Waals surface area (Å²) in [6.07, 6.45) is 1.75. The van der Waals surface area contributed by atoms with Crippen LogP contribution in [-0.4, -0.2) is 0 Å². The van der Waals surface area contributed by atoms with Gasteiger partial charge in [-0.2, -0.15) is 0 Å². The van der Waals surface area contributed by atoms with Crippen LogP contribution in [0.5, 0.6) is 0 Å². The minimum absolute atomic E-state index is 0.188. The smallest absolute Gasteiger partial charge is 0.00598 e. The summed E-state index contributed by atoms with van der Waals surface area (Å²) in [5.74, 6) is 0. The van der Waals surface area contributed by atoms with Crippen molar-refractivity contribution in [2.75, 3.05) is 0 Å². The Kier molecular flexibility index (Phi) is 2.76. The average molecular weight is 155 g/mol. The summed E-state index contributed by atoms with van der Waals surface area (Å²) < 4.78 is 0. The van der Waals surface area contributed by atoms with Crippen LogP contribution in [0.4, 0.5) is 0 Å². The first kappa shape index (κ1) is 10.5. The molecule has 1 nitrogen and oxygen atoms in total. The Labute approximate surface area is 70.7 Å². The predicted molar refractivity (Wildman–Crippen MR) is 51.2 cm³/mol. The van der Waals surface area contributed by atoms with Crippen molar-refractivity contribution in [2.24, 2.45) is 16.6 Å². The highest BCUT2D eigenvalue weighted by atomic mass is 14.5. The van der Waals surface area contributed by atoms with E-state index in [9.17, 15) is 0 Å². The maximum atomic E-state index is 5.58. The second-order valence-corrected chi connectivity index (χ2v) is 5.08. The minimum atomic E-state index is 0.188. The Morgan fingerprint density at radius 1 is 0.909 bits per heavy atom. The van der Waals surface area contributed by atoms with Crippen LogP contribution >= 0.6 is 0 Å². The molecule has 0 radical (unpaired) electrons. The first-order valence-corrected chi connectivity index (χ1v) is 4.12. The molecule has 1 heteroatoms. The largest absolute Gasteiger partial charge is 0.405 e. The first-order chi connectivity index (χ1) is 4.69. The van der Waals surface area contributed by atoms with E-state index in [1.165, 1.54) is 5.57 Å². The lowest BCUT2D eigenvalue weighted by Crippen LogP contribution is -2.23. The van der Waals surface area contributed by atoms with Gasteiger partial charge in [-0.1, -0.05) is 41.5 Å². The molecule has 0 aliphatic heterocycles. The van der Waals surface area contributed by atoms with E-state index in [4.69, 9.17) is 5.73 Å². The van der Waals surface area contributed by atoms with E-state index in [0.717, 1.165) is 0 Å². The van der Waals surface area contributed by atoms with Gasteiger partial charge in [0.05, 0.1) is 0 Å². The third-order valence-corrected chi connectivity index (χ3v) is 1.78. The lowest BCUT2D eigenvalue weighted by Gasteiger charge is -2.33. The van der Waals surface area contributed by atoms with Gasteiger partial charge in [-0.25, -0.2) is 0 Å². The fourth-order valence-corrected chi connectivity index (χ4v) is 1.62. The highest BCUT2D eigenvalue weighted by Gasteiger charge is 2.27. The Balaban J connectivity index is 4.74. The molecule has 0 amide bonds. The van der Waals surface area contributed by atoms with Crippen molar-refractivity contribution in [3.05, 3.63) is 11.8 Å². The SMILES string of the molecule is CC(C)(C)C(=CN)C(C)(C)C. The molecule has 0 aliphatic carbocycles.